The lowest BCUT2D eigenvalue weighted by Crippen LogP contribution is -2.30. The summed E-state index contributed by atoms with van der Waals surface area (Å²) in [5.74, 6) is 0.318. The Labute approximate surface area is 121 Å². The summed E-state index contributed by atoms with van der Waals surface area (Å²) < 4.78 is 46.0. The third kappa shape index (κ3) is 2.47. The molecule has 0 N–H and O–H groups in total. The minimum atomic E-state index is -4.44. The van der Waals surface area contributed by atoms with Crippen LogP contribution in [0.15, 0.2) is 34.9 Å². The maximum atomic E-state index is 12.8. The minimum Gasteiger partial charge on any atom is -0.377 e. The first-order valence-electron chi connectivity index (χ1n) is 5.95. The van der Waals surface area contributed by atoms with Crippen molar-refractivity contribution in [1.82, 2.24) is 9.55 Å². The van der Waals surface area contributed by atoms with Gasteiger partial charge in [0.25, 0.3) is 0 Å². The van der Waals surface area contributed by atoms with Crippen molar-refractivity contribution in [2.24, 2.45) is 0 Å². The van der Waals surface area contributed by atoms with Gasteiger partial charge in [-0.2, -0.15) is 13.2 Å². The molecule has 2 heterocycles. The highest BCUT2D eigenvalue weighted by Gasteiger charge is 2.36. The number of hydrogen-bond donors (Lipinski definition) is 0. The summed E-state index contributed by atoms with van der Waals surface area (Å²) in [4.78, 5) is 3.75. The number of benzene rings is 1. The predicted octanol–water partition coefficient (Wildman–Crippen LogP) is 3.90. The van der Waals surface area contributed by atoms with Crippen molar-refractivity contribution < 1.29 is 17.9 Å². The Hall–Kier alpha value is -1.34. The summed E-state index contributed by atoms with van der Waals surface area (Å²) in [5, 5.41) is 0. The van der Waals surface area contributed by atoms with Crippen molar-refractivity contribution in [3.05, 3.63) is 40.6 Å². The average Bonchev–Trinajstić information content (AvgIpc) is 2.72. The molecule has 1 fully saturated rings. The monoisotopic (exact) mass is 346 g/mol. The topological polar surface area (TPSA) is 27.1 Å². The van der Waals surface area contributed by atoms with Crippen LogP contribution in [0.25, 0.3) is 11.4 Å². The molecule has 106 valence electrons. The molecule has 20 heavy (non-hydrogen) atoms. The maximum Gasteiger partial charge on any atom is 0.434 e. The first-order valence-corrected chi connectivity index (χ1v) is 6.74. The van der Waals surface area contributed by atoms with E-state index in [1.165, 1.54) is 0 Å². The molecule has 0 atom stereocenters. The second-order valence-corrected chi connectivity index (χ2v) is 5.47. The van der Waals surface area contributed by atoms with Gasteiger partial charge in [-0.05, 0) is 12.1 Å². The molecule has 1 aromatic heterocycles. The van der Waals surface area contributed by atoms with E-state index in [-0.39, 0.29) is 6.04 Å². The Morgan fingerprint density at radius 3 is 2.35 bits per heavy atom. The molecule has 7 heteroatoms. The number of ether oxygens (including phenoxy) is 1. The van der Waals surface area contributed by atoms with Crippen LogP contribution in [0.2, 0.25) is 0 Å². The van der Waals surface area contributed by atoms with E-state index in [1.54, 1.807) is 28.8 Å². The standard InChI is InChI=1S/C13H10BrF3N2O/c14-9-3-1-8(2-4-9)12-18-11(13(15,16)17)5-19(12)10-6-20-7-10/h1-5,10H,6-7H2. The van der Waals surface area contributed by atoms with Crippen LogP contribution in [-0.4, -0.2) is 22.8 Å². The van der Waals surface area contributed by atoms with Crippen molar-refractivity contribution in [3.8, 4) is 11.4 Å². The summed E-state index contributed by atoms with van der Waals surface area (Å²) in [5.41, 5.74) is -0.224. The normalized spacial score (nSPS) is 16.2. The van der Waals surface area contributed by atoms with Gasteiger partial charge in [0.2, 0.25) is 0 Å². The lowest BCUT2D eigenvalue weighted by atomic mass is 10.2. The molecular weight excluding hydrogens is 337 g/mol. The minimum absolute atomic E-state index is 0.0859. The molecule has 0 unspecified atom stereocenters. The van der Waals surface area contributed by atoms with Gasteiger partial charge < -0.3 is 9.30 Å². The lowest BCUT2D eigenvalue weighted by Gasteiger charge is -2.28. The second kappa shape index (κ2) is 4.89. The number of hydrogen-bond acceptors (Lipinski definition) is 2. The summed E-state index contributed by atoms with van der Waals surface area (Å²) in [7, 11) is 0. The van der Waals surface area contributed by atoms with Gasteiger partial charge in [0, 0.05) is 16.2 Å². The molecule has 0 amide bonds. The van der Waals surface area contributed by atoms with E-state index >= 15 is 0 Å². The van der Waals surface area contributed by atoms with E-state index in [2.05, 4.69) is 20.9 Å². The highest BCUT2D eigenvalue weighted by molar-refractivity contribution is 9.10. The average molecular weight is 347 g/mol. The quantitative estimate of drug-likeness (QED) is 0.824. The van der Waals surface area contributed by atoms with Crippen molar-refractivity contribution >= 4 is 15.9 Å². The highest BCUT2D eigenvalue weighted by Crippen LogP contribution is 2.34. The molecule has 1 aliphatic rings. The number of aromatic nitrogens is 2. The van der Waals surface area contributed by atoms with Gasteiger partial charge in [0.15, 0.2) is 5.69 Å². The Morgan fingerprint density at radius 2 is 1.85 bits per heavy atom. The van der Waals surface area contributed by atoms with Crippen LogP contribution < -0.4 is 0 Å². The van der Waals surface area contributed by atoms with Gasteiger partial charge >= 0.3 is 6.18 Å². The zero-order valence-corrected chi connectivity index (χ0v) is 11.8. The highest BCUT2D eigenvalue weighted by atomic mass is 79.9. The van der Waals surface area contributed by atoms with Gasteiger partial charge in [0.1, 0.15) is 5.82 Å². The first kappa shape index (κ1) is 13.6. The number of alkyl halides is 3. The van der Waals surface area contributed by atoms with Crippen molar-refractivity contribution in [1.29, 1.82) is 0 Å². The van der Waals surface area contributed by atoms with Crippen LogP contribution >= 0.6 is 15.9 Å². The van der Waals surface area contributed by atoms with Gasteiger partial charge in [-0.3, -0.25) is 0 Å². The fraction of sp³-hybridized carbons (Fsp3) is 0.308. The number of halogens is 4. The Kier molecular flexibility index (Phi) is 3.33. The molecule has 1 saturated heterocycles. The van der Waals surface area contributed by atoms with Crippen molar-refractivity contribution in [2.45, 2.75) is 12.2 Å². The summed E-state index contributed by atoms with van der Waals surface area (Å²) in [6.07, 6.45) is -3.38. The van der Waals surface area contributed by atoms with Crippen LogP contribution in [0.1, 0.15) is 11.7 Å². The summed E-state index contributed by atoms with van der Waals surface area (Å²) >= 11 is 3.30. The largest absolute Gasteiger partial charge is 0.434 e. The van der Waals surface area contributed by atoms with E-state index in [0.717, 1.165) is 10.7 Å². The third-order valence-electron chi connectivity index (χ3n) is 3.14. The van der Waals surface area contributed by atoms with Crippen LogP contribution in [0, 0.1) is 0 Å². The van der Waals surface area contributed by atoms with Gasteiger partial charge in [0.05, 0.1) is 19.3 Å². The third-order valence-corrected chi connectivity index (χ3v) is 3.67. The molecule has 1 aliphatic heterocycles. The molecule has 0 spiro atoms. The summed E-state index contributed by atoms with van der Waals surface area (Å²) in [6.45, 7) is 0.828. The van der Waals surface area contributed by atoms with Crippen LogP contribution in [-0.2, 0) is 10.9 Å². The van der Waals surface area contributed by atoms with E-state index in [1.807, 2.05) is 0 Å². The van der Waals surface area contributed by atoms with Gasteiger partial charge in [-0.1, -0.05) is 28.1 Å². The molecule has 0 bridgehead atoms. The van der Waals surface area contributed by atoms with Crippen molar-refractivity contribution in [3.63, 3.8) is 0 Å². The zero-order valence-electron chi connectivity index (χ0n) is 10.2. The molecule has 3 nitrogen and oxygen atoms in total. The molecule has 1 aromatic carbocycles. The zero-order chi connectivity index (χ0) is 14.3. The summed E-state index contributed by atoms with van der Waals surface area (Å²) in [6, 6.07) is 6.94. The Bertz CT molecular complexity index is 618. The molecule has 0 aliphatic carbocycles. The molecular formula is C13H10BrF3N2O. The smallest absolute Gasteiger partial charge is 0.377 e. The number of rotatable bonds is 2. The van der Waals surface area contributed by atoms with E-state index in [9.17, 15) is 13.2 Å². The van der Waals surface area contributed by atoms with Crippen molar-refractivity contribution in [2.75, 3.05) is 13.2 Å². The van der Waals surface area contributed by atoms with Crippen LogP contribution in [0.4, 0.5) is 13.2 Å². The fourth-order valence-corrected chi connectivity index (χ4v) is 2.27. The van der Waals surface area contributed by atoms with Gasteiger partial charge in [-0.25, -0.2) is 4.98 Å². The molecule has 0 saturated carbocycles. The predicted molar refractivity (Wildman–Crippen MR) is 70.2 cm³/mol. The Balaban J connectivity index is 2.07. The molecule has 0 radical (unpaired) electrons. The SMILES string of the molecule is FC(F)(F)c1cn(C2COC2)c(-c2ccc(Br)cc2)n1. The van der Waals surface area contributed by atoms with E-state index in [4.69, 9.17) is 4.74 Å². The first-order chi connectivity index (χ1) is 9.45. The van der Waals surface area contributed by atoms with Gasteiger partial charge in [-0.15, -0.1) is 0 Å². The van der Waals surface area contributed by atoms with Crippen LogP contribution in [0.5, 0.6) is 0 Å². The maximum absolute atomic E-state index is 12.8. The van der Waals surface area contributed by atoms with E-state index < -0.39 is 11.9 Å². The Morgan fingerprint density at radius 1 is 1.20 bits per heavy atom. The molecule has 3 rings (SSSR count). The fourth-order valence-electron chi connectivity index (χ4n) is 2.00. The number of nitrogens with zero attached hydrogens (tertiary/aromatic N) is 2. The second-order valence-electron chi connectivity index (χ2n) is 4.55. The van der Waals surface area contributed by atoms with E-state index in [0.29, 0.717) is 24.6 Å². The van der Waals surface area contributed by atoms with Crippen LogP contribution in [0.3, 0.4) is 0 Å². The molecule has 2 aromatic rings. The lowest BCUT2D eigenvalue weighted by molar-refractivity contribution is -0.141. The number of imidazole rings is 1.